The van der Waals surface area contributed by atoms with Gasteiger partial charge in [0, 0.05) is 30.0 Å². The molecular weight excluding hydrogens is 402 g/mol. The Hall–Kier alpha value is -2.95. The number of benzene rings is 1. The fraction of sp³-hybridized carbons (Fsp3) is 0.444. The summed E-state index contributed by atoms with van der Waals surface area (Å²) in [5.74, 6) is -0.113. The summed E-state index contributed by atoms with van der Waals surface area (Å²) >= 11 is 0. The lowest BCUT2D eigenvalue weighted by molar-refractivity contribution is -0.164. The van der Waals surface area contributed by atoms with E-state index in [0.29, 0.717) is 30.7 Å². The molecule has 4 atom stereocenters. The van der Waals surface area contributed by atoms with Gasteiger partial charge in [-0.25, -0.2) is 4.98 Å². The maximum atomic E-state index is 13.9. The van der Waals surface area contributed by atoms with Crippen LogP contribution in [0.25, 0.3) is 0 Å². The zero-order chi connectivity index (χ0) is 22.3. The molecule has 0 radical (unpaired) electrons. The normalized spacial score (nSPS) is 29.2. The van der Waals surface area contributed by atoms with E-state index in [1.807, 2.05) is 24.3 Å². The van der Waals surface area contributed by atoms with Crippen LogP contribution in [0.2, 0.25) is 0 Å². The monoisotopic (exact) mass is 431 g/mol. The van der Waals surface area contributed by atoms with Crippen molar-refractivity contribution in [2.45, 2.75) is 62.4 Å². The van der Waals surface area contributed by atoms with Crippen molar-refractivity contribution in [3.05, 3.63) is 71.4 Å². The number of ether oxygens (including phenoxy) is 2. The molecule has 0 saturated heterocycles. The maximum absolute atomic E-state index is 13.9. The summed E-state index contributed by atoms with van der Waals surface area (Å²) in [6, 6.07) is 13.8. The van der Waals surface area contributed by atoms with Crippen molar-refractivity contribution in [2.75, 3.05) is 7.11 Å². The van der Waals surface area contributed by atoms with E-state index in [4.69, 9.17) is 9.47 Å². The number of hydrogen-bond donors (Lipinski definition) is 0. The summed E-state index contributed by atoms with van der Waals surface area (Å²) in [6.45, 7) is 4.17. The minimum Gasteiger partial charge on any atom is -0.481 e. The highest BCUT2D eigenvalue weighted by molar-refractivity contribution is 6.13. The molecule has 5 heteroatoms. The van der Waals surface area contributed by atoms with Crippen molar-refractivity contribution >= 4 is 11.8 Å². The molecule has 1 aromatic carbocycles. The summed E-state index contributed by atoms with van der Waals surface area (Å²) in [5.41, 5.74) is 2.21. The number of fused-ring (bicyclic) bond motifs is 4. The highest BCUT2D eigenvalue weighted by Gasteiger charge is 2.58. The predicted octanol–water partition coefficient (Wildman–Crippen LogP) is 4.69. The molecule has 0 amide bonds. The molecule has 0 N–H and O–H groups in total. The Morgan fingerprint density at radius 2 is 1.88 bits per heavy atom. The van der Waals surface area contributed by atoms with Crippen molar-refractivity contribution in [2.24, 2.45) is 5.92 Å². The molecule has 2 saturated carbocycles. The third-order valence-electron chi connectivity index (χ3n) is 7.44. The van der Waals surface area contributed by atoms with Crippen LogP contribution in [-0.4, -0.2) is 30.0 Å². The van der Waals surface area contributed by atoms with E-state index < -0.39 is 11.4 Å². The zero-order valence-electron chi connectivity index (χ0n) is 18.5. The van der Waals surface area contributed by atoms with Crippen LogP contribution in [-0.2, 0) is 26.2 Å². The van der Waals surface area contributed by atoms with Gasteiger partial charge in [0.1, 0.15) is 6.10 Å². The molecule has 32 heavy (non-hydrogen) atoms. The number of aromatic nitrogens is 1. The highest BCUT2D eigenvalue weighted by atomic mass is 16.5. The van der Waals surface area contributed by atoms with Crippen LogP contribution >= 0.6 is 0 Å². The first-order valence-corrected chi connectivity index (χ1v) is 11.5. The van der Waals surface area contributed by atoms with E-state index in [-0.39, 0.29) is 23.7 Å². The first-order valence-electron chi connectivity index (χ1n) is 11.5. The Morgan fingerprint density at radius 3 is 2.66 bits per heavy atom. The lowest BCUT2D eigenvalue weighted by atomic mass is 9.58. The number of methoxy groups -OCH3 is 1. The number of allylic oxidation sites excluding steroid dienone is 1. The van der Waals surface area contributed by atoms with E-state index in [0.717, 1.165) is 37.0 Å². The summed E-state index contributed by atoms with van der Waals surface area (Å²) < 4.78 is 11.5. The fourth-order valence-corrected chi connectivity index (χ4v) is 5.93. The van der Waals surface area contributed by atoms with Gasteiger partial charge in [-0.05, 0) is 43.2 Å². The minimum atomic E-state index is -1.34. The number of nitrogens with zero attached hydrogens (tertiary/aromatic N) is 1. The number of rotatable bonds is 4. The van der Waals surface area contributed by atoms with Gasteiger partial charge >= 0.3 is 5.97 Å². The number of ketones is 1. The average Bonchev–Trinajstić information content (AvgIpc) is 2.81. The van der Waals surface area contributed by atoms with Gasteiger partial charge < -0.3 is 9.47 Å². The molecule has 0 spiro atoms. The van der Waals surface area contributed by atoms with Crippen LogP contribution in [0.3, 0.4) is 0 Å². The number of esters is 1. The van der Waals surface area contributed by atoms with Crippen LogP contribution in [0, 0.1) is 5.92 Å². The van der Waals surface area contributed by atoms with Gasteiger partial charge in [-0.1, -0.05) is 55.0 Å². The second-order valence-corrected chi connectivity index (χ2v) is 9.39. The first-order chi connectivity index (χ1) is 15.5. The average molecular weight is 432 g/mol. The molecule has 3 aliphatic carbocycles. The van der Waals surface area contributed by atoms with Crippen LogP contribution in [0.1, 0.15) is 61.3 Å². The van der Waals surface area contributed by atoms with Crippen molar-refractivity contribution in [3.8, 4) is 5.88 Å². The maximum Gasteiger partial charge on any atom is 0.324 e. The van der Waals surface area contributed by atoms with Gasteiger partial charge in [-0.2, -0.15) is 0 Å². The van der Waals surface area contributed by atoms with E-state index in [1.165, 1.54) is 5.56 Å². The summed E-state index contributed by atoms with van der Waals surface area (Å²) in [5, 5.41) is 0. The largest absolute Gasteiger partial charge is 0.481 e. The Bertz CT molecular complexity index is 1060. The van der Waals surface area contributed by atoms with Crippen molar-refractivity contribution in [3.63, 3.8) is 0 Å². The Labute approximate surface area is 188 Å². The first kappa shape index (κ1) is 20.9. The van der Waals surface area contributed by atoms with Crippen LogP contribution in [0.4, 0.5) is 0 Å². The summed E-state index contributed by atoms with van der Waals surface area (Å²) in [4.78, 5) is 32.1. The molecular formula is C27H29NO4. The number of carbonyl (C=O) groups is 2. The zero-order valence-corrected chi connectivity index (χ0v) is 18.5. The van der Waals surface area contributed by atoms with E-state index >= 15 is 0 Å². The fourth-order valence-electron chi connectivity index (χ4n) is 5.93. The molecule has 1 unspecified atom stereocenters. The topological polar surface area (TPSA) is 65.5 Å². The number of hydrogen-bond acceptors (Lipinski definition) is 5. The van der Waals surface area contributed by atoms with E-state index in [2.05, 4.69) is 23.7 Å². The number of carbonyl (C=O) groups excluding carboxylic acids is 2. The van der Waals surface area contributed by atoms with Crippen LogP contribution in [0.15, 0.2) is 54.6 Å². The number of pyridine rings is 1. The van der Waals surface area contributed by atoms with Gasteiger partial charge in [-0.15, -0.1) is 0 Å². The molecule has 166 valence electrons. The Morgan fingerprint density at radius 1 is 1.09 bits per heavy atom. The third-order valence-corrected chi connectivity index (χ3v) is 7.44. The van der Waals surface area contributed by atoms with Gasteiger partial charge in [0.2, 0.25) is 5.88 Å². The molecule has 3 aliphatic rings. The molecule has 2 aromatic rings. The molecule has 2 bridgehead atoms. The van der Waals surface area contributed by atoms with Gasteiger partial charge in [-0.3, -0.25) is 9.59 Å². The SMILES string of the molecule is C=C1CC2Cc3nc(OC)ccc3[C@](C(=O)O[C@@H]3CCCC[C@H]3c3ccccc3)(C1)C2=O. The lowest BCUT2D eigenvalue weighted by Crippen LogP contribution is -2.55. The Kier molecular flexibility index (Phi) is 5.36. The standard InChI is InChI=1S/C27H29NO4/c1-17-14-19-15-22-21(12-13-24(28-22)31-2)27(16-17,25(19)29)26(30)32-23-11-7-6-10-20(23)18-8-4-3-5-9-18/h3-5,8-9,12-13,19-20,23H,1,6-7,10-11,14-16H2,2H3/t19?,20-,23+,27+/m0/s1. The van der Waals surface area contributed by atoms with Gasteiger partial charge in [0.15, 0.2) is 11.2 Å². The third kappa shape index (κ3) is 3.35. The summed E-state index contributed by atoms with van der Waals surface area (Å²) in [7, 11) is 1.57. The van der Waals surface area contributed by atoms with Crippen molar-refractivity contribution in [1.82, 2.24) is 4.98 Å². The second kappa shape index (κ2) is 8.19. The van der Waals surface area contributed by atoms with Crippen LogP contribution < -0.4 is 4.74 Å². The Balaban J connectivity index is 1.52. The smallest absolute Gasteiger partial charge is 0.324 e. The molecule has 1 aromatic heterocycles. The second-order valence-electron chi connectivity index (χ2n) is 9.39. The lowest BCUT2D eigenvalue weighted by Gasteiger charge is -2.44. The summed E-state index contributed by atoms with van der Waals surface area (Å²) in [6.07, 6.45) is 5.10. The highest BCUT2D eigenvalue weighted by Crippen LogP contribution is 2.49. The minimum absolute atomic E-state index is 0.0403. The quantitative estimate of drug-likeness (QED) is 0.399. The van der Waals surface area contributed by atoms with Crippen molar-refractivity contribution < 1.29 is 19.1 Å². The predicted molar refractivity (Wildman–Crippen MR) is 121 cm³/mol. The van der Waals surface area contributed by atoms with E-state index in [1.54, 1.807) is 13.2 Å². The van der Waals surface area contributed by atoms with Crippen LogP contribution in [0.5, 0.6) is 5.88 Å². The van der Waals surface area contributed by atoms with E-state index in [9.17, 15) is 9.59 Å². The molecule has 5 rings (SSSR count). The molecule has 2 fully saturated rings. The molecule has 1 heterocycles. The van der Waals surface area contributed by atoms with Gasteiger partial charge in [0.05, 0.1) is 7.11 Å². The van der Waals surface area contributed by atoms with Crippen molar-refractivity contribution in [1.29, 1.82) is 0 Å². The number of Topliss-reactive ketones (excluding diaryl/α,β-unsaturated/α-hetero) is 1. The molecule has 5 nitrogen and oxygen atoms in total. The molecule has 0 aliphatic heterocycles. The van der Waals surface area contributed by atoms with Gasteiger partial charge in [0.25, 0.3) is 0 Å².